The van der Waals surface area contributed by atoms with E-state index in [1.165, 1.54) is 0 Å². The Morgan fingerprint density at radius 3 is 2.48 bits per heavy atom. The number of ether oxygens (including phenoxy) is 2. The Labute approximate surface area is 145 Å². The molecule has 0 unspecified atom stereocenters. The first-order valence-corrected chi connectivity index (χ1v) is 7.95. The SMILES string of the molecule is COc1ccc(CCNC(=O)CCc2cc(F)ccc2F)cc1OC. The Balaban J connectivity index is 1.79. The van der Waals surface area contributed by atoms with Gasteiger partial charge in [0.1, 0.15) is 11.6 Å². The van der Waals surface area contributed by atoms with Gasteiger partial charge in [-0.3, -0.25) is 4.79 Å². The Morgan fingerprint density at radius 1 is 1.00 bits per heavy atom. The van der Waals surface area contributed by atoms with Gasteiger partial charge in [-0.2, -0.15) is 0 Å². The molecule has 0 aliphatic heterocycles. The molecule has 0 aliphatic rings. The molecule has 0 spiro atoms. The van der Waals surface area contributed by atoms with Crippen LogP contribution in [0.5, 0.6) is 11.5 Å². The average molecular weight is 349 g/mol. The first-order valence-electron chi connectivity index (χ1n) is 7.95. The molecule has 2 aromatic carbocycles. The summed E-state index contributed by atoms with van der Waals surface area (Å²) >= 11 is 0. The summed E-state index contributed by atoms with van der Waals surface area (Å²) in [5.41, 5.74) is 1.20. The van der Waals surface area contributed by atoms with Gasteiger partial charge in [0.15, 0.2) is 11.5 Å². The monoisotopic (exact) mass is 349 g/mol. The van der Waals surface area contributed by atoms with E-state index in [4.69, 9.17) is 9.47 Å². The number of nitrogens with one attached hydrogen (secondary N) is 1. The molecule has 4 nitrogen and oxygen atoms in total. The number of aryl methyl sites for hydroxylation is 1. The maximum Gasteiger partial charge on any atom is 0.220 e. The van der Waals surface area contributed by atoms with Crippen LogP contribution in [0.25, 0.3) is 0 Å². The number of carbonyl (C=O) groups is 1. The molecule has 134 valence electrons. The zero-order valence-corrected chi connectivity index (χ0v) is 14.3. The van der Waals surface area contributed by atoms with Crippen LogP contribution >= 0.6 is 0 Å². The molecule has 0 saturated carbocycles. The summed E-state index contributed by atoms with van der Waals surface area (Å²) in [6.07, 6.45) is 0.887. The van der Waals surface area contributed by atoms with Crippen molar-refractivity contribution >= 4 is 5.91 Å². The molecule has 0 radical (unpaired) electrons. The van der Waals surface area contributed by atoms with Gasteiger partial charge in [0.05, 0.1) is 14.2 Å². The third-order valence-electron chi connectivity index (χ3n) is 3.81. The first kappa shape index (κ1) is 18.7. The lowest BCUT2D eigenvalue weighted by atomic mass is 10.1. The highest BCUT2D eigenvalue weighted by Crippen LogP contribution is 2.27. The van der Waals surface area contributed by atoms with E-state index >= 15 is 0 Å². The molecule has 0 saturated heterocycles. The van der Waals surface area contributed by atoms with Gasteiger partial charge in [0.25, 0.3) is 0 Å². The van der Waals surface area contributed by atoms with Crippen molar-refractivity contribution in [1.29, 1.82) is 0 Å². The average Bonchev–Trinajstić information content (AvgIpc) is 2.62. The van der Waals surface area contributed by atoms with E-state index in [1.807, 2.05) is 18.2 Å². The van der Waals surface area contributed by atoms with Gasteiger partial charge < -0.3 is 14.8 Å². The Hall–Kier alpha value is -2.63. The van der Waals surface area contributed by atoms with Crippen molar-refractivity contribution in [3.63, 3.8) is 0 Å². The second kappa shape index (κ2) is 9.01. The Kier molecular flexibility index (Phi) is 6.74. The van der Waals surface area contributed by atoms with Crippen LogP contribution in [0.1, 0.15) is 17.5 Å². The minimum absolute atomic E-state index is 0.103. The van der Waals surface area contributed by atoms with Crippen LogP contribution in [0, 0.1) is 11.6 Å². The van der Waals surface area contributed by atoms with Crippen LogP contribution in [0.4, 0.5) is 8.78 Å². The predicted octanol–water partition coefficient (Wildman–Crippen LogP) is 3.27. The van der Waals surface area contributed by atoms with E-state index in [0.29, 0.717) is 24.5 Å². The second-order valence-corrected chi connectivity index (χ2v) is 5.53. The molecule has 25 heavy (non-hydrogen) atoms. The smallest absolute Gasteiger partial charge is 0.220 e. The standard InChI is InChI=1S/C19H21F2NO3/c1-24-17-7-3-13(11-18(17)25-2)9-10-22-19(23)8-4-14-12-15(20)5-6-16(14)21/h3,5-7,11-12H,4,8-10H2,1-2H3,(H,22,23). The zero-order chi connectivity index (χ0) is 18.2. The molecule has 1 amide bonds. The molecule has 1 N–H and O–H groups in total. The summed E-state index contributed by atoms with van der Waals surface area (Å²) in [5, 5.41) is 2.77. The van der Waals surface area contributed by atoms with E-state index in [1.54, 1.807) is 14.2 Å². The minimum Gasteiger partial charge on any atom is -0.493 e. The lowest BCUT2D eigenvalue weighted by Gasteiger charge is -2.10. The number of benzene rings is 2. The Bertz CT molecular complexity index is 735. The summed E-state index contributed by atoms with van der Waals surface area (Å²) < 4.78 is 37.0. The fourth-order valence-electron chi connectivity index (χ4n) is 2.45. The number of rotatable bonds is 8. The molecular weight excluding hydrogens is 328 g/mol. The molecule has 0 atom stereocenters. The summed E-state index contributed by atoms with van der Waals surface area (Å²) in [4.78, 5) is 11.9. The number of methoxy groups -OCH3 is 2. The highest BCUT2D eigenvalue weighted by molar-refractivity contribution is 5.76. The largest absolute Gasteiger partial charge is 0.493 e. The lowest BCUT2D eigenvalue weighted by Crippen LogP contribution is -2.26. The molecule has 2 aromatic rings. The fraction of sp³-hybridized carbons (Fsp3) is 0.316. The predicted molar refractivity (Wildman–Crippen MR) is 90.9 cm³/mol. The molecule has 0 bridgehead atoms. The summed E-state index contributed by atoms with van der Waals surface area (Å²) in [7, 11) is 3.13. The summed E-state index contributed by atoms with van der Waals surface area (Å²) in [6, 6.07) is 8.80. The quantitative estimate of drug-likeness (QED) is 0.796. The Morgan fingerprint density at radius 2 is 1.76 bits per heavy atom. The highest BCUT2D eigenvalue weighted by atomic mass is 19.1. The van der Waals surface area contributed by atoms with Crippen LogP contribution in [0.15, 0.2) is 36.4 Å². The molecule has 0 aromatic heterocycles. The van der Waals surface area contributed by atoms with Crippen molar-refractivity contribution in [2.45, 2.75) is 19.3 Å². The van der Waals surface area contributed by atoms with Crippen molar-refractivity contribution in [2.75, 3.05) is 20.8 Å². The number of halogens is 2. The van der Waals surface area contributed by atoms with Gasteiger partial charge in [-0.25, -0.2) is 8.78 Å². The van der Waals surface area contributed by atoms with E-state index in [9.17, 15) is 13.6 Å². The van der Waals surface area contributed by atoms with Gasteiger partial charge in [0, 0.05) is 13.0 Å². The third kappa shape index (κ3) is 5.45. The maximum atomic E-state index is 13.5. The molecule has 2 rings (SSSR count). The van der Waals surface area contributed by atoms with Gasteiger partial charge in [-0.1, -0.05) is 6.07 Å². The van der Waals surface area contributed by atoms with Crippen molar-refractivity contribution in [3.05, 3.63) is 59.2 Å². The van der Waals surface area contributed by atoms with Crippen LogP contribution in [-0.2, 0) is 17.6 Å². The molecule has 0 aliphatic carbocycles. The lowest BCUT2D eigenvalue weighted by molar-refractivity contribution is -0.121. The van der Waals surface area contributed by atoms with E-state index < -0.39 is 11.6 Å². The molecule has 0 fully saturated rings. The number of carbonyl (C=O) groups excluding carboxylic acids is 1. The van der Waals surface area contributed by atoms with Crippen molar-refractivity contribution < 1.29 is 23.0 Å². The van der Waals surface area contributed by atoms with Crippen LogP contribution in [-0.4, -0.2) is 26.7 Å². The van der Waals surface area contributed by atoms with E-state index in [0.717, 1.165) is 23.8 Å². The number of amides is 1. The van der Waals surface area contributed by atoms with Crippen LogP contribution in [0.2, 0.25) is 0 Å². The van der Waals surface area contributed by atoms with E-state index in [-0.39, 0.29) is 24.3 Å². The van der Waals surface area contributed by atoms with Gasteiger partial charge in [-0.05, 0) is 54.3 Å². The molecule has 0 heterocycles. The zero-order valence-electron chi connectivity index (χ0n) is 14.3. The number of hydrogen-bond donors (Lipinski definition) is 1. The van der Waals surface area contributed by atoms with Crippen LogP contribution in [0.3, 0.4) is 0 Å². The van der Waals surface area contributed by atoms with E-state index in [2.05, 4.69) is 5.32 Å². The first-order chi connectivity index (χ1) is 12.0. The highest BCUT2D eigenvalue weighted by Gasteiger charge is 2.08. The van der Waals surface area contributed by atoms with Crippen LogP contribution < -0.4 is 14.8 Å². The van der Waals surface area contributed by atoms with Crippen molar-refractivity contribution in [3.8, 4) is 11.5 Å². The second-order valence-electron chi connectivity index (χ2n) is 5.53. The van der Waals surface area contributed by atoms with Gasteiger partial charge in [0.2, 0.25) is 5.91 Å². The van der Waals surface area contributed by atoms with Gasteiger partial charge in [-0.15, -0.1) is 0 Å². The molecule has 6 heteroatoms. The third-order valence-corrected chi connectivity index (χ3v) is 3.81. The van der Waals surface area contributed by atoms with Crippen molar-refractivity contribution in [2.24, 2.45) is 0 Å². The topological polar surface area (TPSA) is 47.6 Å². The number of hydrogen-bond acceptors (Lipinski definition) is 3. The minimum atomic E-state index is -0.509. The summed E-state index contributed by atoms with van der Waals surface area (Å²) in [6.45, 7) is 0.444. The van der Waals surface area contributed by atoms with Crippen molar-refractivity contribution in [1.82, 2.24) is 5.32 Å². The maximum absolute atomic E-state index is 13.5. The molecular formula is C19H21F2NO3. The fourth-order valence-corrected chi connectivity index (χ4v) is 2.45. The van der Waals surface area contributed by atoms with Gasteiger partial charge >= 0.3 is 0 Å². The normalized spacial score (nSPS) is 10.4. The summed E-state index contributed by atoms with van der Waals surface area (Å²) in [5.74, 6) is 0.0641.